The molecule has 1 aromatic heterocycles. The van der Waals surface area contributed by atoms with E-state index < -0.39 is 35.6 Å². The molecule has 2 aromatic rings. The van der Waals surface area contributed by atoms with Crippen LogP contribution in [0.5, 0.6) is 0 Å². The number of aromatic nitrogens is 1. The number of carbonyl (C=O) groups is 3. The quantitative estimate of drug-likeness (QED) is 0.508. The largest absolute Gasteiger partial charge is 0.465 e. The molecule has 0 radical (unpaired) electrons. The van der Waals surface area contributed by atoms with Gasteiger partial charge in [-0.3, -0.25) is 9.59 Å². The number of aliphatic hydroxyl groups excluding tert-OH is 1. The predicted molar refractivity (Wildman–Crippen MR) is 125 cm³/mol. The van der Waals surface area contributed by atoms with Crippen LogP contribution in [-0.2, 0) is 16.1 Å². The van der Waals surface area contributed by atoms with Crippen molar-refractivity contribution in [2.45, 2.75) is 58.8 Å². The molecule has 1 aliphatic rings. The Morgan fingerprint density at radius 2 is 1.91 bits per heavy atom. The number of β-amino-alcohol motifs (C(OH)–C–C–N with tert-alkyl or cyclic N) is 1. The van der Waals surface area contributed by atoms with Crippen LogP contribution in [0.2, 0.25) is 0 Å². The van der Waals surface area contributed by atoms with E-state index in [-0.39, 0.29) is 25.4 Å². The third-order valence-electron chi connectivity index (χ3n) is 5.67. The molecule has 1 saturated heterocycles. The number of hydrogen-bond acceptors (Lipinski definition) is 6. The molecule has 0 spiro atoms. The monoisotopic (exact) mass is 474 g/mol. The first-order valence-corrected chi connectivity index (χ1v) is 11.6. The maximum atomic E-state index is 13.1. The minimum atomic E-state index is -1.32. The van der Waals surface area contributed by atoms with Crippen LogP contribution in [0.3, 0.4) is 0 Å². The number of aliphatic hydroxyl groups is 1. The van der Waals surface area contributed by atoms with E-state index in [4.69, 9.17) is 5.11 Å². The fraction of sp³-hybridized carbons (Fsp3) is 0.478. The third-order valence-corrected chi connectivity index (χ3v) is 6.65. The van der Waals surface area contributed by atoms with Crippen molar-refractivity contribution in [3.8, 4) is 10.4 Å². The topological polar surface area (TPSA) is 132 Å². The van der Waals surface area contributed by atoms with Crippen LogP contribution in [0.25, 0.3) is 10.4 Å². The Balaban J connectivity index is 1.67. The highest BCUT2D eigenvalue weighted by Gasteiger charge is 2.44. The maximum absolute atomic E-state index is 13.1. The summed E-state index contributed by atoms with van der Waals surface area (Å²) in [5, 5.41) is 24.4. The first-order valence-electron chi connectivity index (χ1n) is 10.7. The molecule has 9 nitrogen and oxygen atoms in total. The lowest BCUT2D eigenvalue weighted by molar-refractivity contribution is -0.142. The van der Waals surface area contributed by atoms with Crippen LogP contribution in [-0.4, -0.2) is 62.7 Å². The van der Waals surface area contributed by atoms with Crippen molar-refractivity contribution in [3.63, 3.8) is 0 Å². The number of carbonyl (C=O) groups excluding carboxylic acids is 2. The van der Waals surface area contributed by atoms with Crippen molar-refractivity contribution in [2.75, 3.05) is 6.54 Å². The van der Waals surface area contributed by atoms with Crippen molar-refractivity contribution >= 4 is 29.2 Å². The molecule has 1 aromatic carbocycles. The van der Waals surface area contributed by atoms with Gasteiger partial charge < -0.3 is 25.7 Å². The van der Waals surface area contributed by atoms with E-state index >= 15 is 0 Å². The number of nitrogens with one attached hydrogen (secondary N) is 2. The first-order chi connectivity index (χ1) is 15.5. The highest BCUT2D eigenvalue weighted by molar-refractivity contribution is 7.13. The molecule has 0 aliphatic carbocycles. The molecule has 0 saturated carbocycles. The van der Waals surface area contributed by atoms with Gasteiger partial charge in [-0.2, -0.15) is 0 Å². The van der Waals surface area contributed by atoms with Gasteiger partial charge in [0, 0.05) is 19.5 Å². The Morgan fingerprint density at radius 3 is 2.45 bits per heavy atom. The molecule has 3 atom stereocenters. The fourth-order valence-electron chi connectivity index (χ4n) is 3.90. The van der Waals surface area contributed by atoms with Crippen molar-refractivity contribution in [3.05, 3.63) is 41.0 Å². The van der Waals surface area contributed by atoms with Gasteiger partial charge in [-0.05, 0) is 23.5 Å². The Labute approximate surface area is 196 Å². The van der Waals surface area contributed by atoms with Crippen molar-refractivity contribution in [1.29, 1.82) is 0 Å². The van der Waals surface area contributed by atoms with E-state index in [1.807, 2.05) is 31.2 Å². The van der Waals surface area contributed by atoms with Gasteiger partial charge in [0.1, 0.15) is 12.1 Å². The number of thiazole rings is 1. The summed E-state index contributed by atoms with van der Waals surface area (Å²) in [6.07, 6.45) is -2.07. The number of nitrogens with zero attached hydrogens (tertiary/aromatic N) is 2. The van der Waals surface area contributed by atoms with Gasteiger partial charge in [0.25, 0.3) is 0 Å². The number of benzene rings is 1. The summed E-state index contributed by atoms with van der Waals surface area (Å²) in [5.74, 6) is -0.906. The van der Waals surface area contributed by atoms with Gasteiger partial charge >= 0.3 is 6.09 Å². The molecule has 10 heteroatoms. The van der Waals surface area contributed by atoms with Crippen LogP contribution < -0.4 is 10.6 Å². The van der Waals surface area contributed by atoms with Gasteiger partial charge in [-0.25, -0.2) is 9.78 Å². The zero-order chi connectivity index (χ0) is 24.3. The Kier molecular flexibility index (Phi) is 7.38. The zero-order valence-corrected chi connectivity index (χ0v) is 20.0. The SMILES string of the molecule is Cc1ncsc1-c1ccc(CNC(=O)[C@@H]2C[C@@H](O)CN2C(=O)C(NC(=O)O)C(C)(C)C)cc1. The molecule has 4 N–H and O–H groups in total. The minimum absolute atomic E-state index is 0.0201. The molecule has 33 heavy (non-hydrogen) atoms. The summed E-state index contributed by atoms with van der Waals surface area (Å²) in [5.41, 5.74) is 4.02. The predicted octanol–water partition coefficient (Wildman–Crippen LogP) is 2.38. The van der Waals surface area contributed by atoms with E-state index in [1.54, 1.807) is 37.6 Å². The average molecular weight is 475 g/mol. The van der Waals surface area contributed by atoms with Gasteiger partial charge in [-0.15, -0.1) is 11.3 Å². The first kappa shape index (κ1) is 24.7. The fourth-order valence-corrected chi connectivity index (χ4v) is 4.72. The zero-order valence-electron chi connectivity index (χ0n) is 19.2. The lowest BCUT2D eigenvalue weighted by atomic mass is 9.85. The van der Waals surface area contributed by atoms with Crippen LogP contribution in [0, 0.1) is 12.3 Å². The molecular formula is C23H30N4O5S. The summed E-state index contributed by atoms with van der Waals surface area (Å²) >= 11 is 1.57. The Morgan fingerprint density at radius 1 is 1.24 bits per heavy atom. The second-order valence-electron chi connectivity index (χ2n) is 9.33. The molecule has 0 bridgehead atoms. The van der Waals surface area contributed by atoms with Crippen molar-refractivity contribution < 1.29 is 24.6 Å². The van der Waals surface area contributed by atoms with E-state index in [2.05, 4.69) is 15.6 Å². The van der Waals surface area contributed by atoms with E-state index in [0.717, 1.165) is 21.7 Å². The number of hydrogen-bond donors (Lipinski definition) is 4. The van der Waals surface area contributed by atoms with Gasteiger partial charge in [0.2, 0.25) is 11.8 Å². The minimum Gasteiger partial charge on any atom is -0.465 e. The van der Waals surface area contributed by atoms with Crippen LogP contribution in [0.4, 0.5) is 4.79 Å². The third kappa shape index (κ3) is 5.88. The van der Waals surface area contributed by atoms with E-state index in [0.29, 0.717) is 0 Å². The summed E-state index contributed by atoms with van der Waals surface area (Å²) in [4.78, 5) is 43.9. The molecular weight excluding hydrogens is 444 g/mol. The van der Waals surface area contributed by atoms with Gasteiger partial charge in [-0.1, -0.05) is 45.0 Å². The summed E-state index contributed by atoms with van der Waals surface area (Å²) in [6, 6.07) is 5.89. The second-order valence-corrected chi connectivity index (χ2v) is 10.2. The highest BCUT2D eigenvalue weighted by Crippen LogP contribution is 2.28. The van der Waals surface area contributed by atoms with Crippen LogP contribution >= 0.6 is 11.3 Å². The molecule has 1 unspecified atom stereocenters. The molecule has 1 aliphatic heterocycles. The Bertz CT molecular complexity index is 1010. The molecule has 2 heterocycles. The molecule has 178 valence electrons. The van der Waals surface area contributed by atoms with Crippen molar-refractivity contribution in [1.82, 2.24) is 20.5 Å². The van der Waals surface area contributed by atoms with E-state index in [1.165, 1.54) is 4.90 Å². The smallest absolute Gasteiger partial charge is 0.405 e. The molecule has 3 rings (SSSR count). The second kappa shape index (κ2) is 9.88. The number of carboxylic acid groups (broad SMARTS) is 1. The van der Waals surface area contributed by atoms with Crippen LogP contribution in [0.15, 0.2) is 29.8 Å². The number of rotatable bonds is 6. The lowest BCUT2D eigenvalue weighted by Crippen LogP contribution is -2.57. The van der Waals surface area contributed by atoms with Crippen molar-refractivity contribution in [2.24, 2.45) is 5.41 Å². The normalized spacial score (nSPS) is 19.2. The van der Waals surface area contributed by atoms with Crippen LogP contribution in [0.1, 0.15) is 38.4 Å². The van der Waals surface area contributed by atoms with Gasteiger partial charge in [0.15, 0.2) is 0 Å². The number of aryl methyl sites for hydroxylation is 1. The van der Waals surface area contributed by atoms with E-state index in [9.17, 15) is 19.5 Å². The summed E-state index contributed by atoms with van der Waals surface area (Å²) in [7, 11) is 0. The number of likely N-dealkylation sites (tertiary alicyclic amines) is 1. The maximum Gasteiger partial charge on any atom is 0.405 e. The standard InChI is InChI=1S/C23H30N4O5S/c1-13-18(33-12-25-13)15-7-5-14(6-8-15)10-24-20(29)17-9-16(28)11-27(17)21(30)19(23(2,3)4)26-22(31)32/h5-8,12,16-17,19,26,28H,9-11H2,1-4H3,(H,24,29)(H,31,32)/t16-,17+,19?/m1/s1. The Hall–Kier alpha value is -2.98. The highest BCUT2D eigenvalue weighted by atomic mass is 32.1. The summed E-state index contributed by atoms with van der Waals surface area (Å²) in [6.45, 7) is 7.43. The lowest BCUT2D eigenvalue weighted by Gasteiger charge is -2.34. The number of amides is 3. The van der Waals surface area contributed by atoms with Gasteiger partial charge in [0.05, 0.1) is 22.2 Å². The average Bonchev–Trinajstić information content (AvgIpc) is 3.35. The summed E-state index contributed by atoms with van der Waals surface area (Å²) < 4.78 is 0. The molecule has 1 fully saturated rings. The molecule has 3 amide bonds.